The van der Waals surface area contributed by atoms with E-state index in [4.69, 9.17) is 4.74 Å². The van der Waals surface area contributed by atoms with Crippen LogP contribution in [0.4, 0.5) is 0 Å². The lowest BCUT2D eigenvalue weighted by Gasteiger charge is -2.23. The number of hydrazone groups is 1. The molecule has 0 aromatic heterocycles. The second kappa shape index (κ2) is 6.00. The molecule has 1 aliphatic heterocycles. The molecule has 3 aromatic carbocycles. The number of hydrogen-bond donors (Lipinski definition) is 1. The van der Waals surface area contributed by atoms with Gasteiger partial charge in [-0.1, -0.05) is 24.3 Å². The quantitative estimate of drug-likeness (QED) is 0.583. The van der Waals surface area contributed by atoms with Crippen molar-refractivity contribution in [2.75, 3.05) is 7.11 Å². The molecular weight excluding hydrogens is 332 g/mol. The standard InChI is InChI=1S/C20H14N2O4/c1-26-17-10-12(8-9-16(17)23)11-21-22-19(24)14-6-2-4-13-5-3-7-15(18(13)14)20(22)25/h2-11,23H,1H3. The molecule has 0 atom stereocenters. The molecule has 1 heterocycles. The summed E-state index contributed by atoms with van der Waals surface area (Å²) >= 11 is 0. The average Bonchev–Trinajstić information content (AvgIpc) is 2.67. The van der Waals surface area contributed by atoms with Crippen molar-refractivity contribution in [3.8, 4) is 11.5 Å². The van der Waals surface area contributed by atoms with Crippen molar-refractivity contribution >= 4 is 28.8 Å². The van der Waals surface area contributed by atoms with Crippen molar-refractivity contribution in [3.63, 3.8) is 0 Å². The minimum Gasteiger partial charge on any atom is -0.504 e. The summed E-state index contributed by atoms with van der Waals surface area (Å²) in [4.78, 5) is 25.5. The number of methoxy groups -OCH3 is 1. The van der Waals surface area contributed by atoms with Crippen LogP contribution in [0.3, 0.4) is 0 Å². The van der Waals surface area contributed by atoms with Crippen molar-refractivity contribution in [1.29, 1.82) is 0 Å². The van der Waals surface area contributed by atoms with Gasteiger partial charge in [-0.25, -0.2) is 0 Å². The Kier molecular flexibility index (Phi) is 3.65. The van der Waals surface area contributed by atoms with Crippen LogP contribution >= 0.6 is 0 Å². The zero-order valence-electron chi connectivity index (χ0n) is 13.8. The lowest BCUT2D eigenvalue weighted by atomic mass is 9.95. The highest BCUT2D eigenvalue weighted by atomic mass is 16.5. The first kappa shape index (κ1) is 15.8. The third-order valence-electron chi connectivity index (χ3n) is 4.28. The average molecular weight is 346 g/mol. The Hall–Kier alpha value is -3.67. The number of nitrogens with zero attached hydrogens (tertiary/aromatic N) is 2. The molecule has 0 radical (unpaired) electrons. The Morgan fingerprint density at radius 2 is 1.65 bits per heavy atom. The first-order valence-electron chi connectivity index (χ1n) is 7.91. The number of amides is 2. The number of aromatic hydroxyl groups is 1. The highest BCUT2D eigenvalue weighted by Gasteiger charge is 2.32. The molecule has 0 unspecified atom stereocenters. The number of phenols is 1. The largest absolute Gasteiger partial charge is 0.504 e. The first-order chi connectivity index (χ1) is 12.6. The maximum absolute atomic E-state index is 12.7. The van der Waals surface area contributed by atoms with Crippen LogP contribution in [0.15, 0.2) is 59.7 Å². The molecule has 6 nitrogen and oxygen atoms in total. The van der Waals surface area contributed by atoms with Crippen LogP contribution in [-0.4, -0.2) is 35.3 Å². The number of phenolic OH excluding ortho intramolecular Hbond substituents is 1. The lowest BCUT2D eigenvalue weighted by Crippen LogP contribution is -2.36. The summed E-state index contributed by atoms with van der Waals surface area (Å²) in [7, 11) is 1.44. The van der Waals surface area contributed by atoms with Crippen LogP contribution in [-0.2, 0) is 0 Å². The summed E-state index contributed by atoms with van der Waals surface area (Å²) in [5.41, 5.74) is 1.47. The Morgan fingerprint density at radius 1 is 1.00 bits per heavy atom. The van der Waals surface area contributed by atoms with E-state index in [0.29, 0.717) is 22.1 Å². The van der Waals surface area contributed by atoms with Gasteiger partial charge in [0.15, 0.2) is 11.5 Å². The Balaban J connectivity index is 1.75. The van der Waals surface area contributed by atoms with Crippen LogP contribution in [0.5, 0.6) is 11.5 Å². The molecule has 1 aliphatic rings. The van der Waals surface area contributed by atoms with Crippen molar-refractivity contribution in [3.05, 3.63) is 71.3 Å². The smallest absolute Gasteiger partial charge is 0.282 e. The van der Waals surface area contributed by atoms with E-state index in [1.165, 1.54) is 19.4 Å². The maximum atomic E-state index is 12.7. The van der Waals surface area contributed by atoms with Crippen LogP contribution in [0.2, 0.25) is 0 Å². The molecule has 0 saturated heterocycles. The highest BCUT2D eigenvalue weighted by Crippen LogP contribution is 2.30. The molecule has 128 valence electrons. The molecule has 1 N–H and O–H groups in total. The van der Waals surface area contributed by atoms with Gasteiger partial charge in [0.2, 0.25) is 0 Å². The number of rotatable bonds is 3. The minimum absolute atomic E-state index is 0.00428. The zero-order chi connectivity index (χ0) is 18.3. The molecule has 26 heavy (non-hydrogen) atoms. The van der Waals surface area contributed by atoms with Gasteiger partial charge in [-0.2, -0.15) is 10.1 Å². The topological polar surface area (TPSA) is 79.2 Å². The molecule has 0 bridgehead atoms. The van der Waals surface area contributed by atoms with Gasteiger partial charge >= 0.3 is 0 Å². The number of carbonyl (C=O) groups is 2. The second-order valence-electron chi connectivity index (χ2n) is 5.81. The van der Waals surface area contributed by atoms with Crippen LogP contribution in [0, 0.1) is 0 Å². The number of imide groups is 1. The zero-order valence-corrected chi connectivity index (χ0v) is 13.8. The van der Waals surface area contributed by atoms with E-state index in [1.54, 1.807) is 36.4 Å². The number of hydrogen-bond acceptors (Lipinski definition) is 5. The van der Waals surface area contributed by atoms with Crippen molar-refractivity contribution in [2.45, 2.75) is 0 Å². The lowest BCUT2D eigenvalue weighted by molar-refractivity contribution is 0.0616. The van der Waals surface area contributed by atoms with Gasteiger partial charge in [0, 0.05) is 5.39 Å². The van der Waals surface area contributed by atoms with Gasteiger partial charge in [0.25, 0.3) is 11.8 Å². The monoisotopic (exact) mass is 346 g/mol. The van der Waals surface area contributed by atoms with Crippen molar-refractivity contribution < 1.29 is 19.4 Å². The molecule has 0 aliphatic carbocycles. The second-order valence-corrected chi connectivity index (χ2v) is 5.81. The third kappa shape index (κ3) is 2.39. The van der Waals surface area contributed by atoms with E-state index in [0.717, 1.165) is 10.4 Å². The van der Waals surface area contributed by atoms with E-state index in [2.05, 4.69) is 5.10 Å². The molecule has 0 saturated carbocycles. The summed E-state index contributed by atoms with van der Waals surface area (Å²) < 4.78 is 5.05. The molecule has 0 spiro atoms. The Bertz CT molecular complexity index is 1040. The molecule has 2 amide bonds. The summed E-state index contributed by atoms with van der Waals surface area (Å²) in [5, 5.41) is 16.1. The Morgan fingerprint density at radius 3 is 2.27 bits per heavy atom. The minimum atomic E-state index is -0.471. The highest BCUT2D eigenvalue weighted by molar-refractivity contribution is 6.25. The number of benzene rings is 3. The fourth-order valence-corrected chi connectivity index (χ4v) is 3.02. The normalized spacial score (nSPS) is 13.7. The van der Waals surface area contributed by atoms with E-state index in [9.17, 15) is 14.7 Å². The van der Waals surface area contributed by atoms with Gasteiger partial charge in [0.05, 0.1) is 24.5 Å². The van der Waals surface area contributed by atoms with E-state index >= 15 is 0 Å². The van der Waals surface area contributed by atoms with Gasteiger partial charge in [-0.05, 0) is 41.3 Å². The van der Waals surface area contributed by atoms with Gasteiger partial charge in [0.1, 0.15) is 0 Å². The first-order valence-corrected chi connectivity index (χ1v) is 7.91. The number of ether oxygens (including phenoxy) is 1. The fraction of sp³-hybridized carbons (Fsp3) is 0.0500. The maximum Gasteiger partial charge on any atom is 0.282 e. The van der Waals surface area contributed by atoms with Gasteiger partial charge in [-0.15, -0.1) is 0 Å². The summed E-state index contributed by atoms with van der Waals surface area (Å²) in [6.07, 6.45) is 1.38. The summed E-state index contributed by atoms with van der Waals surface area (Å²) in [5.74, 6) is -0.668. The molecular formula is C20H14N2O4. The van der Waals surface area contributed by atoms with Gasteiger partial charge < -0.3 is 9.84 Å². The molecule has 6 heteroatoms. The molecule has 4 rings (SSSR count). The predicted molar refractivity (Wildman–Crippen MR) is 96.7 cm³/mol. The summed E-state index contributed by atoms with van der Waals surface area (Å²) in [6, 6.07) is 15.3. The van der Waals surface area contributed by atoms with Crippen LogP contribution < -0.4 is 4.74 Å². The molecule has 3 aromatic rings. The predicted octanol–water partition coefficient (Wildman–Crippen LogP) is 3.18. The van der Waals surface area contributed by atoms with Crippen LogP contribution in [0.1, 0.15) is 26.3 Å². The van der Waals surface area contributed by atoms with Crippen LogP contribution in [0.25, 0.3) is 10.8 Å². The Labute approximate surface area is 148 Å². The van der Waals surface area contributed by atoms with Crippen molar-refractivity contribution in [2.24, 2.45) is 5.10 Å². The van der Waals surface area contributed by atoms with E-state index < -0.39 is 11.8 Å². The fourth-order valence-electron chi connectivity index (χ4n) is 3.02. The van der Waals surface area contributed by atoms with E-state index in [-0.39, 0.29) is 11.5 Å². The third-order valence-corrected chi connectivity index (χ3v) is 4.28. The number of carbonyl (C=O) groups excluding carboxylic acids is 2. The SMILES string of the molecule is COc1cc(C=NN2C(=O)c3cccc4cccc(c34)C2=O)ccc1O. The molecule has 0 fully saturated rings. The summed E-state index contributed by atoms with van der Waals surface area (Å²) in [6.45, 7) is 0. The van der Waals surface area contributed by atoms with Gasteiger partial charge in [-0.3, -0.25) is 9.59 Å². The van der Waals surface area contributed by atoms with Crippen molar-refractivity contribution in [1.82, 2.24) is 5.01 Å². The van der Waals surface area contributed by atoms with E-state index in [1.807, 2.05) is 12.1 Å².